The predicted molar refractivity (Wildman–Crippen MR) is 123 cm³/mol. The third kappa shape index (κ3) is 3.95. The molecule has 3 aliphatic rings. The Morgan fingerprint density at radius 3 is 2.62 bits per heavy atom. The number of aliphatic hydroxyl groups excluding tert-OH is 1. The first kappa shape index (κ1) is 24.5. The van der Waals surface area contributed by atoms with Crippen molar-refractivity contribution in [3.63, 3.8) is 0 Å². The van der Waals surface area contributed by atoms with Crippen LogP contribution in [0, 0.1) is 5.92 Å². The van der Waals surface area contributed by atoms with E-state index in [0.717, 1.165) is 10.5 Å². The van der Waals surface area contributed by atoms with Crippen molar-refractivity contribution >= 4 is 11.8 Å². The van der Waals surface area contributed by atoms with Gasteiger partial charge in [-0.05, 0) is 18.9 Å². The Kier molecular flexibility index (Phi) is 7.16. The molecule has 1 aromatic rings. The number of methoxy groups -OCH3 is 1. The largest absolute Gasteiger partial charge is 0.386 e. The summed E-state index contributed by atoms with van der Waals surface area (Å²) in [5, 5.41) is 10.9. The minimum Gasteiger partial charge on any atom is -0.386 e. The summed E-state index contributed by atoms with van der Waals surface area (Å²) in [5.74, 6) is -1.65. The van der Waals surface area contributed by atoms with Gasteiger partial charge in [-0.3, -0.25) is 14.5 Å². The molecule has 3 aliphatic heterocycles. The monoisotopic (exact) mass is 469 g/mol. The van der Waals surface area contributed by atoms with Gasteiger partial charge in [0.25, 0.3) is 5.91 Å². The van der Waals surface area contributed by atoms with Crippen LogP contribution in [-0.4, -0.2) is 71.8 Å². The van der Waals surface area contributed by atoms with Crippen molar-refractivity contribution in [2.24, 2.45) is 5.92 Å². The standard InChI is InChI=1S/C26H31NO7/c1-5-10-20-26(19(28)6-2)23(31-4)22(33-20)21(34-26)18-13-16(3)24(29)27(25(18)30)15-32-14-17-11-8-7-9-12-17/h5-9,11-13,18-23,28H,1-2,10,14-15H2,3-4H3/t18?,19-,20+,21-,22-,23-,26?/m0/s1. The highest BCUT2D eigenvalue weighted by atomic mass is 16.7. The average Bonchev–Trinajstić information content (AvgIpc) is 3.34. The Bertz CT molecular complexity index is 977. The van der Waals surface area contributed by atoms with Crippen molar-refractivity contribution < 1.29 is 33.6 Å². The molecule has 0 spiro atoms. The van der Waals surface area contributed by atoms with E-state index in [4.69, 9.17) is 18.9 Å². The van der Waals surface area contributed by atoms with E-state index in [9.17, 15) is 14.7 Å². The number of hydrogen-bond acceptors (Lipinski definition) is 7. The number of ether oxygens (including phenoxy) is 4. The molecule has 182 valence electrons. The van der Waals surface area contributed by atoms with E-state index in [1.165, 1.54) is 13.2 Å². The smallest absolute Gasteiger partial charge is 0.257 e. The molecule has 8 heteroatoms. The van der Waals surface area contributed by atoms with Crippen LogP contribution in [0.4, 0.5) is 0 Å². The van der Waals surface area contributed by atoms with Crippen molar-refractivity contribution in [2.45, 2.75) is 56.1 Å². The highest BCUT2D eigenvalue weighted by molar-refractivity contribution is 6.08. The lowest BCUT2D eigenvalue weighted by atomic mass is 9.84. The summed E-state index contributed by atoms with van der Waals surface area (Å²) in [6.07, 6.45) is 1.50. The van der Waals surface area contributed by atoms with Gasteiger partial charge in [-0.1, -0.05) is 48.6 Å². The number of rotatable bonds is 10. The van der Waals surface area contributed by atoms with Gasteiger partial charge in [-0.15, -0.1) is 13.2 Å². The number of fused-ring (bicyclic) bond motifs is 2. The topological polar surface area (TPSA) is 94.5 Å². The zero-order valence-corrected chi connectivity index (χ0v) is 19.5. The molecule has 7 atom stereocenters. The maximum atomic E-state index is 13.4. The van der Waals surface area contributed by atoms with Crippen LogP contribution in [0.5, 0.6) is 0 Å². The molecule has 8 nitrogen and oxygen atoms in total. The van der Waals surface area contributed by atoms with Gasteiger partial charge in [0, 0.05) is 12.7 Å². The number of hydrogen-bond donors (Lipinski definition) is 1. The summed E-state index contributed by atoms with van der Waals surface area (Å²) in [7, 11) is 1.52. The molecule has 0 aromatic heterocycles. The molecular formula is C26H31NO7. The summed E-state index contributed by atoms with van der Waals surface area (Å²) < 4.78 is 24.1. The second-order valence-corrected chi connectivity index (χ2v) is 8.80. The Hall–Kier alpha value is -2.62. The lowest BCUT2D eigenvalue weighted by molar-refractivity contribution is -0.223. The van der Waals surface area contributed by atoms with Crippen molar-refractivity contribution in [1.82, 2.24) is 4.90 Å². The first-order valence-electron chi connectivity index (χ1n) is 11.3. The lowest BCUT2D eigenvalue weighted by Gasteiger charge is -2.42. The zero-order valence-electron chi connectivity index (χ0n) is 19.5. The van der Waals surface area contributed by atoms with Crippen LogP contribution >= 0.6 is 0 Å². The first-order chi connectivity index (χ1) is 16.4. The van der Waals surface area contributed by atoms with Crippen molar-refractivity contribution in [1.29, 1.82) is 0 Å². The first-order valence-corrected chi connectivity index (χ1v) is 11.3. The number of nitrogens with zero attached hydrogens (tertiary/aromatic N) is 1. The van der Waals surface area contributed by atoms with Gasteiger partial charge >= 0.3 is 0 Å². The van der Waals surface area contributed by atoms with Crippen molar-refractivity contribution in [3.05, 3.63) is 72.9 Å². The number of aliphatic hydroxyl groups is 1. The maximum absolute atomic E-state index is 13.4. The van der Waals surface area contributed by atoms with Gasteiger partial charge in [0.1, 0.15) is 31.1 Å². The fourth-order valence-corrected chi connectivity index (χ4v) is 5.19. The summed E-state index contributed by atoms with van der Waals surface area (Å²) >= 11 is 0. The van der Waals surface area contributed by atoms with Gasteiger partial charge in [-0.25, -0.2) is 0 Å². The normalized spacial score (nSPS) is 33.7. The van der Waals surface area contributed by atoms with E-state index in [0.29, 0.717) is 12.0 Å². The van der Waals surface area contributed by atoms with E-state index in [1.807, 2.05) is 30.3 Å². The van der Waals surface area contributed by atoms with Crippen LogP contribution < -0.4 is 0 Å². The number of imide groups is 1. The van der Waals surface area contributed by atoms with Crippen molar-refractivity contribution in [2.75, 3.05) is 13.8 Å². The summed E-state index contributed by atoms with van der Waals surface area (Å²) in [4.78, 5) is 27.3. The SMILES string of the molecule is C=CC[C@H]1O[C@H]2[C@H](C3C=C(C)C(=O)N(COCc4ccccc4)C3=O)OC1([C@@H](O)C=C)[C@H]2OC. The third-order valence-electron chi connectivity index (χ3n) is 6.80. The molecule has 4 rings (SSSR count). The molecule has 0 radical (unpaired) electrons. The van der Waals surface area contributed by atoms with Gasteiger partial charge in [0.05, 0.1) is 18.6 Å². The average molecular weight is 470 g/mol. The lowest BCUT2D eigenvalue weighted by Crippen LogP contribution is -2.58. The highest BCUT2D eigenvalue weighted by Gasteiger charge is 2.70. The molecule has 0 aliphatic carbocycles. The summed E-state index contributed by atoms with van der Waals surface area (Å²) in [6.45, 7) is 9.22. The molecule has 1 aromatic carbocycles. The van der Waals surface area contributed by atoms with E-state index >= 15 is 0 Å². The molecular weight excluding hydrogens is 438 g/mol. The Labute approximate surface area is 199 Å². The molecule has 34 heavy (non-hydrogen) atoms. The Balaban J connectivity index is 1.56. The van der Waals surface area contributed by atoms with Gasteiger partial charge in [0.15, 0.2) is 5.60 Å². The minimum absolute atomic E-state index is 0.181. The van der Waals surface area contributed by atoms with Crippen LogP contribution in [0.2, 0.25) is 0 Å². The Morgan fingerprint density at radius 2 is 1.97 bits per heavy atom. The summed E-state index contributed by atoms with van der Waals surface area (Å²) in [6, 6.07) is 9.50. The predicted octanol–water partition coefficient (Wildman–Crippen LogP) is 2.13. The zero-order chi connectivity index (χ0) is 24.5. The molecule has 0 saturated carbocycles. The molecule has 1 N–H and O–H groups in total. The molecule has 2 saturated heterocycles. The fraction of sp³-hybridized carbons (Fsp3) is 0.462. The molecule has 2 amide bonds. The number of amides is 2. The van der Waals surface area contributed by atoms with Crippen LogP contribution in [0.1, 0.15) is 18.9 Å². The molecule has 2 unspecified atom stereocenters. The van der Waals surface area contributed by atoms with E-state index < -0.39 is 53.9 Å². The molecule has 2 bridgehead atoms. The molecule has 3 heterocycles. The van der Waals surface area contributed by atoms with E-state index in [2.05, 4.69) is 13.2 Å². The fourth-order valence-electron chi connectivity index (χ4n) is 5.19. The van der Waals surface area contributed by atoms with Crippen LogP contribution in [0.25, 0.3) is 0 Å². The van der Waals surface area contributed by atoms with Crippen LogP contribution in [0.15, 0.2) is 67.3 Å². The van der Waals surface area contributed by atoms with Crippen LogP contribution in [0.3, 0.4) is 0 Å². The van der Waals surface area contributed by atoms with E-state index in [-0.39, 0.29) is 13.3 Å². The van der Waals surface area contributed by atoms with Gasteiger partial charge in [-0.2, -0.15) is 0 Å². The van der Waals surface area contributed by atoms with E-state index in [1.54, 1.807) is 19.1 Å². The third-order valence-corrected chi connectivity index (χ3v) is 6.80. The van der Waals surface area contributed by atoms with Crippen LogP contribution in [-0.2, 0) is 35.1 Å². The van der Waals surface area contributed by atoms with Crippen molar-refractivity contribution in [3.8, 4) is 0 Å². The molecule has 2 fully saturated rings. The second kappa shape index (κ2) is 9.93. The number of benzene rings is 1. The highest BCUT2D eigenvalue weighted by Crippen LogP contribution is 2.51. The second-order valence-electron chi connectivity index (χ2n) is 8.80. The maximum Gasteiger partial charge on any atom is 0.257 e. The number of carbonyl (C=O) groups is 2. The Morgan fingerprint density at radius 1 is 1.24 bits per heavy atom. The van der Waals surface area contributed by atoms with Gasteiger partial charge in [0.2, 0.25) is 5.91 Å². The number of carbonyl (C=O) groups excluding carboxylic acids is 2. The van der Waals surface area contributed by atoms with Gasteiger partial charge < -0.3 is 24.1 Å². The summed E-state index contributed by atoms with van der Waals surface area (Å²) in [5.41, 5.74) is 0.108. The minimum atomic E-state index is -1.24. The quantitative estimate of drug-likeness (QED) is 0.414.